The van der Waals surface area contributed by atoms with Crippen LogP contribution in [0, 0.1) is 17.2 Å². The number of fused-ring (bicyclic) bond motifs is 1. The highest BCUT2D eigenvalue weighted by molar-refractivity contribution is 8.00. The summed E-state index contributed by atoms with van der Waals surface area (Å²) in [7, 11) is 0. The number of carbonyl (C=O) groups excluding carboxylic acids is 2. The Kier molecular flexibility index (Phi) is 4.38. The van der Waals surface area contributed by atoms with Gasteiger partial charge < -0.3 is 5.11 Å². The number of Topliss-reactive ketones (excluding diaryl/α,β-unsaturated/α-hetero) is 1. The quantitative estimate of drug-likeness (QED) is 0.626. The van der Waals surface area contributed by atoms with Crippen LogP contribution < -0.4 is 0 Å². The van der Waals surface area contributed by atoms with Crippen LogP contribution in [0.3, 0.4) is 0 Å². The number of ketones is 1. The Morgan fingerprint density at radius 3 is 2.67 bits per heavy atom. The maximum atomic E-state index is 12.5. The molecule has 1 N–H and O–H groups in total. The van der Waals surface area contributed by atoms with Crippen molar-refractivity contribution in [1.82, 2.24) is 10.0 Å². The maximum absolute atomic E-state index is 12.5. The van der Waals surface area contributed by atoms with Crippen LogP contribution in [0.25, 0.3) is 0 Å². The third kappa shape index (κ3) is 2.79. The number of amides is 1. The lowest BCUT2D eigenvalue weighted by atomic mass is 10.0. The summed E-state index contributed by atoms with van der Waals surface area (Å²) in [4.78, 5) is 37.1. The first-order chi connectivity index (χ1) is 11.5. The molecule has 122 valence electrons. The van der Waals surface area contributed by atoms with Gasteiger partial charge >= 0.3 is 5.97 Å². The molecule has 1 saturated heterocycles. The largest absolute Gasteiger partial charge is 0.476 e. The van der Waals surface area contributed by atoms with E-state index in [9.17, 15) is 19.5 Å². The Morgan fingerprint density at radius 1 is 1.33 bits per heavy atom. The number of nitriles is 1. The molecule has 0 aliphatic carbocycles. The number of nitrogens with zero attached hydrogens (tertiary/aromatic N) is 3. The van der Waals surface area contributed by atoms with E-state index in [0.717, 1.165) is 9.90 Å². The van der Waals surface area contributed by atoms with E-state index in [1.54, 1.807) is 0 Å². The molecule has 0 saturated carbocycles. The molecule has 1 atom stereocenters. The number of carboxylic acid groups (broad SMARTS) is 1. The van der Waals surface area contributed by atoms with Crippen LogP contribution >= 0.6 is 11.8 Å². The normalized spacial score (nSPS) is 20.2. The average Bonchev–Trinajstić information content (AvgIpc) is 3.10. The van der Waals surface area contributed by atoms with Crippen molar-refractivity contribution in [2.24, 2.45) is 5.92 Å². The number of benzene rings is 1. The van der Waals surface area contributed by atoms with Gasteiger partial charge in [0, 0.05) is 11.4 Å². The summed E-state index contributed by atoms with van der Waals surface area (Å²) in [6, 6.07) is 11.2. The molecule has 0 radical (unpaired) electrons. The molecule has 0 unspecified atom stereocenters. The molecule has 3 rings (SSSR count). The van der Waals surface area contributed by atoms with Gasteiger partial charge in [-0.15, -0.1) is 11.8 Å². The van der Waals surface area contributed by atoms with Crippen LogP contribution in [0.5, 0.6) is 0 Å². The number of aliphatic carboxylic acids is 1. The zero-order valence-electron chi connectivity index (χ0n) is 12.5. The molecule has 2 heterocycles. The number of carbonyl (C=O) groups is 3. The number of hydrazine groups is 1. The van der Waals surface area contributed by atoms with Crippen molar-refractivity contribution in [2.45, 2.75) is 4.90 Å². The van der Waals surface area contributed by atoms with Crippen LogP contribution in [-0.2, 0) is 14.4 Å². The molecule has 1 amide bonds. The fourth-order valence-corrected chi connectivity index (χ4v) is 3.61. The lowest BCUT2D eigenvalue weighted by Gasteiger charge is -2.19. The van der Waals surface area contributed by atoms with Gasteiger partial charge in [-0.25, -0.2) is 14.8 Å². The topological polar surface area (TPSA) is 102 Å². The van der Waals surface area contributed by atoms with E-state index in [-0.39, 0.29) is 35.9 Å². The second-order valence-corrected chi connectivity index (χ2v) is 6.41. The number of hydrogen-bond acceptors (Lipinski definition) is 6. The molecule has 0 bridgehead atoms. The van der Waals surface area contributed by atoms with Crippen molar-refractivity contribution in [3.05, 3.63) is 41.6 Å². The van der Waals surface area contributed by atoms with Crippen molar-refractivity contribution in [1.29, 1.82) is 5.26 Å². The summed E-state index contributed by atoms with van der Waals surface area (Å²) in [6.07, 6.45) is 0. The fourth-order valence-electron chi connectivity index (χ4n) is 2.75. The van der Waals surface area contributed by atoms with Crippen LogP contribution in [0.2, 0.25) is 0 Å². The Bertz CT molecular complexity index is 784. The van der Waals surface area contributed by atoms with Gasteiger partial charge in [0.15, 0.2) is 11.5 Å². The van der Waals surface area contributed by atoms with E-state index in [1.807, 2.05) is 36.4 Å². The highest BCUT2D eigenvalue weighted by Crippen LogP contribution is 2.32. The number of hydrogen-bond donors (Lipinski definition) is 1. The molecular weight excluding hydrogens is 330 g/mol. The SMILES string of the molecule is N#CC1=C(C(=O)O)N2C(=O)[C@H](C(=O)CSc3ccccc3)CN2C1. The van der Waals surface area contributed by atoms with Crippen LogP contribution in [0.1, 0.15) is 0 Å². The number of thioether (sulfide) groups is 1. The standard InChI is InChI=1S/C16H13N3O4S/c17-6-10-7-18-8-12(15(21)19(18)14(10)16(22)23)13(20)9-24-11-4-2-1-3-5-11/h1-5,12H,7-9H2,(H,22,23)/t12-/m0/s1. The van der Waals surface area contributed by atoms with Crippen LogP contribution in [0.4, 0.5) is 0 Å². The third-order valence-electron chi connectivity index (χ3n) is 3.87. The number of carboxylic acids is 1. The summed E-state index contributed by atoms with van der Waals surface area (Å²) in [5.41, 5.74) is -0.311. The third-order valence-corrected chi connectivity index (χ3v) is 4.91. The van der Waals surface area contributed by atoms with E-state index >= 15 is 0 Å². The first-order valence-corrected chi connectivity index (χ1v) is 8.17. The Labute approximate surface area is 142 Å². The minimum absolute atomic E-state index is 0.0282. The van der Waals surface area contributed by atoms with Gasteiger partial charge in [0.05, 0.1) is 23.9 Å². The summed E-state index contributed by atoms with van der Waals surface area (Å²) < 4.78 is 0. The van der Waals surface area contributed by atoms with Gasteiger partial charge in [-0.3, -0.25) is 9.59 Å². The number of rotatable bonds is 5. The van der Waals surface area contributed by atoms with E-state index in [2.05, 4.69) is 0 Å². The van der Waals surface area contributed by atoms with Crippen molar-refractivity contribution >= 4 is 29.4 Å². The van der Waals surface area contributed by atoms with E-state index in [4.69, 9.17) is 5.26 Å². The van der Waals surface area contributed by atoms with E-state index in [1.165, 1.54) is 16.8 Å². The first kappa shape index (κ1) is 16.2. The van der Waals surface area contributed by atoms with Crippen molar-refractivity contribution < 1.29 is 19.5 Å². The molecule has 1 fully saturated rings. The zero-order chi connectivity index (χ0) is 17.3. The highest BCUT2D eigenvalue weighted by atomic mass is 32.2. The zero-order valence-corrected chi connectivity index (χ0v) is 13.3. The molecule has 2 aliphatic heterocycles. The minimum atomic E-state index is -1.34. The van der Waals surface area contributed by atoms with Crippen LogP contribution in [-0.4, -0.2) is 51.6 Å². The van der Waals surface area contributed by atoms with Gasteiger partial charge in [-0.2, -0.15) is 5.26 Å². The summed E-state index contributed by atoms with van der Waals surface area (Å²) in [6.45, 7) is 0.147. The molecule has 7 nitrogen and oxygen atoms in total. The molecule has 0 aromatic heterocycles. The average molecular weight is 343 g/mol. The molecule has 24 heavy (non-hydrogen) atoms. The first-order valence-electron chi connectivity index (χ1n) is 7.19. The lowest BCUT2D eigenvalue weighted by molar-refractivity contribution is -0.144. The van der Waals surface area contributed by atoms with Crippen molar-refractivity contribution in [3.63, 3.8) is 0 Å². The van der Waals surface area contributed by atoms with Gasteiger partial charge in [0.25, 0.3) is 5.91 Å². The Hall–Kier alpha value is -2.63. The van der Waals surface area contributed by atoms with Gasteiger partial charge in [-0.1, -0.05) is 18.2 Å². The highest BCUT2D eigenvalue weighted by Gasteiger charge is 2.49. The molecular formula is C16H13N3O4S. The fraction of sp³-hybridized carbons (Fsp3) is 0.250. The molecule has 1 aromatic rings. The summed E-state index contributed by atoms with van der Waals surface area (Å²) in [5, 5.41) is 20.7. The van der Waals surface area contributed by atoms with Gasteiger partial charge in [0.1, 0.15) is 5.92 Å². The van der Waals surface area contributed by atoms with Crippen LogP contribution in [0.15, 0.2) is 46.5 Å². The van der Waals surface area contributed by atoms with E-state index < -0.39 is 17.8 Å². The molecule has 1 aromatic carbocycles. The summed E-state index contributed by atoms with van der Waals surface area (Å²) >= 11 is 1.34. The second-order valence-electron chi connectivity index (χ2n) is 5.36. The predicted molar refractivity (Wildman–Crippen MR) is 84.4 cm³/mol. The van der Waals surface area contributed by atoms with E-state index in [0.29, 0.717) is 0 Å². The van der Waals surface area contributed by atoms with Gasteiger partial charge in [-0.05, 0) is 12.1 Å². The second kappa shape index (κ2) is 6.47. The Morgan fingerprint density at radius 2 is 2.04 bits per heavy atom. The molecule has 2 aliphatic rings. The summed E-state index contributed by atoms with van der Waals surface area (Å²) in [5.74, 6) is -2.91. The van der Waals surface area contributed by atoms with Crippen molar-refractivity contribution in [3.8, 4) is 6.07 Å². The lowest BCUT2D eigenvalue weighted by Crippen LogP contribution is -2.36. The maximum Gasteiger partial charge on any atom is 0.355 e. The predicted octanol–water partition coefficient (Wildman–Crippen LogP) is 0.899. The van der Waals surface area contributed by atoms with Gasteiger partial charge in [0.2, 0.25) is 0 Å². The smallest absolute Gasteiger partial charge is 0.355 e. The molecule has 0 spiro atoms. The monoisotopic (exact) mass is 343 g/mol. The van der Waals surface area contributed by atoms with Crippen molar-refractivity contribution in [2.75, 3.05) is 18.8 Å². The Balaban J connectivity index is 1.71. The minimum Gasteiger partial charge on any atom is -0.476 e. The molecule has 8 heteroatoms.